The summed E-state index contributed by atoms with van der Waals surface area (Å²) < 4.78 is 13.0. The third kappa shape index (κ3) is 5.12. The Hall–Kier alpha value is -2.74. The Balaban J connectivity index is 1.45. The second-order valence-electron chi connectivity index (χ2n) is 7.84. The molecule has 1 aliphatic rings. The van der Waals surface area contributed by atoms with Gasteiger partial charge in [-0.05, 0) is 42.7 Å². The molecule has 1 aliphatic carbocycles. The predicted molar refractivity (Wildman–Crippen MR) is 120 cm³/mol. The van der Waals surface area contributed by atoms with Crippen LogP contribution in [0.1, 0.15) is 43.7 Å². The minimum Gasteiger partial charge on any atom is -0.497 e. The van der Waals surface area contributed by atoms with Crippen LogP contribution >= 0.6 is 11.8 Å². The molecule has 3 aromatic rings. The third-order valence-corrected chi connectivity index (χ3v) is 6.58. The number of thioether (sulfide) groups is 1. The second kappa shape index (κ2) is 10.0. The van der Waals surface area contributed by atoms with Crippen molar-refractivity contribution in [1.82, 2.24) is 19.7 Å². The van der Waals surface area contributed by atoms with Crippen LogP contribution < -0.4 is 4.74 Å². The molecule has 8 heteroatoms. The van der Waals surface area contributed by atoms with Gasteiger partial charge in [-0.1, -0.05) is 43.2 Å². The molecule has 0 N–H and O–H groups in total. The van der Waals surface area contributed by atoms with E-state index in [2.05, 4.69) is 14.8 Å². The first-order chi connectivity index (χ1) is 15.2. The highest BCUT2D eigenvalue weighted by Gasteiger charge is 2.25. The number of rotatable bonds is 8. The van der Waals surface area contributed by atoms with Crippen molar-refractivity contribution < 1.29 is 13.9 Å². The molecular weight excluding hydrogens is 412 g/mol. The van der Waals surface area contributed by atoms with Gasteiger partial charge in [0.15, 0.2) is 10.9 Å². The van der Waals surface area contributed by atoms with E-state index in [0.717, 1.165) is 35.1 Å². The second-order valence-corrected chi connectivity index (χ2v) is 8.78. The molecule has 0 radical (unpaired) electrons. The van der Waals surface area contributed by atoms with Gasteiger partial charge in [0.1, 0.15) is 5.75 Å². The number of hydrogen-bond donors (Lipinski definition) is 0. The SMILES string of the molecule is COc1cccc(CN(C)C(=O)CSc2nnc(-c3ccco3)n2C2CCCCC2)c1. The van der Waals surface area contributed by atoms with Gasteiger partial charge in [-0.3, -0.25) is 9.36 Å². The molecule has 2 heterocycles. The lowest BCUT2D eigenvalue weighted by Gasteiger charge is -2.25. The van der Waals surface area contributed by atoms with E-state index in [1.54, 1.807) is 18.3 Å². The van der Waals surface area contributed by atoms with Crippen LogP contribution in [0.25, 0.3) is 11.6 Å². The molecule has 0 bridgehead atoms. The minimum atomic E-state index is 0.0468. The van der Waals surface area contributed by atoms with Crippen molar-refractivity contribution in [3.63, 3.8) is 0 Å². The number of benzene rings is 1. The largest absolute Gasteiger partial charge is 0.497 e. The summed E-state index contributed by atoms with van der Waals surface area (Å²) in [6, 6.07) is 11.9. The highest BCUT2D eigenvalue weighted by Crippen LogP contribution is 2.35. The summed E-state index contributed by atoms with van der Waals surface area (Å²) in [4.78, 5) is 14.5. The molecule has 0 spiro atoms. The topological polar surface area (TPSA) is 73.4 Å². The van der Waals surface area contributed by atoms with E-state index in [4.69, 9.17) is 9.15 Å². The van der Waals surface area contributed by atoms with Gasteiger partial charge in [-0.15, -0.1) is 10.2 Å². The first-order valence-corrected chi connectivity index (χ1v) is 11.6. The molecule has 0 unspecified atom stereocenters. The molecule has 1 amide bonds. The lowest BCUT2D eigenvalue weighted by atomic mass is 9.95. The number of methoxy groups -OCH3 is 1. The maximum absolute atomic E-state index is 12.8. The van der Waals surface area contributed by atoms with Gasteiger partial charge in [0.2, 0.25) is 11.7 Å². The maximum Gasteiger partial charge on any atom is 0.233 e. The Morgan fingerprint density at radius 2 is 2.06 bits per heavy atom. The monoisotopic (exact) mass is 440 g/mol. The summed E-state index contributed by atoms with van der Waals surface area (Å²) in [5.74, 6) is 2.61. The van der Waals surface area contributed by atoms with Crippen LogP contribution in [0, 0.1) is 0 Å². The Morgan fingerprint density at radius 3 is 2.81 bits per heavy atom. The van der Waals surface area contributed by atoms with Gasteiger partial charge in [-0.2, -0.15) is 0 Å². The Kier molecular flexibility index (Phi) is 6.96. The van der Waals surface area contributed by atoms with Gasteiger partial charge < -0.3 is 14.1 Å². The highest BCUT2D eigenvalue weighted by molar-refractivity contribution is 7.99. The summed E-state index contributed by atoms with van der Waals surface area (Å²) in [5, 5.41) is 9.60. The smallest absolute Gasteiger partial charge is 0.233 e. The number of amides is 1. The molecule has 4 rings (SSSR count). The normalized spacial score (nSPS) is 14.5. The molecule has 0 aliphatic heterocycles. The molecule has 0 saturated heterocycles. The van der Waals surface area contributed by atoms with E-state index >= 15 is 0 Å². The van der Waals surface area contributed by atoms with Crippen LogP contribution in [0.3, 0.4) is 0 Å². The molecule has 0 atom stereocenters. The predicted octanol–water partition coefficient (Wildman–Crippen LogP) is 4.80. The van der Waals surface area contributed by atoms with Gasteiger partial charge >= 0.3 is 0 Å². The van der Waals surface area contributed by atoms with E-state index < -0.39 is 0 Å². The first kappa shape index (κ1) is 21.5. The average molecular weight is 441 g/mol. The molecular formula is C23H28N4O3S. The maximum atomic E-state index is 12.8. The quantitative estimate of drug-likeness (QED) is 0.468. The number of nitrogens with zero attached hydrogens (tertiary/aromatic N) is 4. The zero-order valence-electron chi connectivity index (χ0n) is 18.0. The zero-order chi connectivity index (χ0) is 21.6. The Labute approximate surface area is 186 Å². The fourth-order valence-corrected chi connectivity index (χ4v) is 4.93. The molecule has 1 aromatic carbocycles. The third-order valence-electron chi connectivity index (χ3n) is 5.65. The van der Waals surface area contributed by atoms with Crippen molar-refractivity contribution >= 4 is 17.7 Å². The number of hydrogen-bond acceptors (Lipinski definition) is 6. The van der Waals surface area contributed by atoms with Gasteiger partial charge in [-0.25, -0.2) is 0 Å². The number of ether oxygens (including phenoxy) is 1. The molecule has 164 valence electrons. The van der Waals surface area contributed by atoms with Crippen LogP contribution in [0.2, 0.25) is 0 Å². The van der Waals surface area contributed by atoms with Crippen molar-refractivity contribution in [2.45, 2.75) is 49.8 Å². The lowest BCUT2D eigenvalue weighted by molar-refractivity contribution is -0.127. The standard InChI is InChI=1S/C23H28N4O3S/c1-26(15-17-8-6-11-19(14-17)29-2)21(28)16-31-23-25-24-22(20-12-7-13-30-20)27(23)18-9-4-3-5-10-18/h6-8,11-14,18H,3-5,9-10,15-16H2,1-2H3. The number of furan rings is 1. The van der Waals surface area contributed by atoms with E-state index in [0.29, 0.717) is 24.1 Å². The van der Waals surface area contributed by atoms with E-state index in [1.807, 2.05) is 43.4 Å². The Bertz CT molecular complexity index is 996. The van der Waals surface area contributed by atoms with Crippen molar-refractivity contribution in [3.8, 4) is 17.3 Å². The molecule has 31 heavy (non-hydrogen) atoms. The fraction of sp³-hybridized carbons (Fsp3) is 0.435. The van der Waals surface area contributed by atoms with Crippen LogP contribution in [-0.2, 0) is 11.3 Å². The van der Waals surface area contributed by atoms with Crippen LogP contribution in [-0.4, -0.2) is 45.5 Å². The molecule has 7 nitrogen and oxygen atoms in total. The van der Waals surface area contributed by atoms with E-state index in [9.17, 15) is 4.79 Å². The minimum absolute atomic E-state index is 0.0468. The summed E-state index contributed by atoms with van der Waals surface area (Å²) in [5.41, 5.74) is 1.03. The van der Waals surface area contributed by atoms with Crippen molar-refractivity contribution in [1.29, 1.82) is 0 Å². The fourth-order valence-electron chi connectivity index (χ4n) is 3.99. The van der Waals surface area contributed by atoms with Crippen molar-refractivity contribution in [2.75, 3.05) is 19.9 Å². The van der Waals surface area contributed by atoms with Crippen molar-refractivity contribution in [3.05, 3.63) is 48.2 Å². The molecule has 1 fully saturated rings. The summed E-state index contributed by atoms with van der Waals surface area (Å²) in [6.07, 6.45) is 7.52. The summed E-state index contributed by atoms with van der Waals surface area (Å²) >= 11 is 1.45. The average Bonchev–Trinajstić information content (AvgIpc) is 3.48. The Morgan fingerprint density at radius 1 is 1.23 bits per heavy atom. The van der Waals surface area contributed by atoms with Gasteiger partial charge in [0.25, 0.3) is 0 Å². The lowest BCUT2D eigenvalue weighted by Crippen LogP contribution is -2.28. The first-order valence-electron chi connectivity index (χ1n) is 10.6. The molecule has 2 aromatic heterocycles. The molecule has 1 saturated carbocycles. The van der Waals surface area contributed by atoms with Crippen molar-refractivity contribution in [2.24, 2.45) is 0 Å². The number of carbonyl (C=O) groups excluding carboxylic acids is 1. The van der Waals surface area contributed by atoms with Crippen LogP contribution in [0.4, 0.5) is 0 Å². The van der Waals surface area contributed by atoms with E-state index in [1.165, 1.54) is 31.0 Å². The van der Waals surface area contributed by atoms with Gasteiger partial charge in [0, 0.05) is 19.6 Å². The van der Waals surface area contributed by atoms with Crippen LogP contribution in [0.5, 0.6) is 5.75 Å². The number of aromatic nitrogens is 3. The summed E-state index contributed by atoms with van der Waals surface area (Å²) in [7, 11) is 3.46. The van der Waals surface area contributed by atoms with E-state index in [-0.39, 0.29) is 5.91 Å². The zero-order valence-corrected chi connectivity index (χ0v) is 18.8. The highest BCUT2D eigenvalue weighted by atomic mass is 32.2. The number of carbonyl (C=O) groups is 1. The van der Waals surface area contributed by atoms with Gasteiger partial charge in [0.05, 0.1) is 19.1 Å². The summed E-state index contributed by atoms with van der Waals surface area (Å²) in [6.45, 7) is 0.531. The van der Waals surface area contributed by atoms with Crippen LogP contribution in [0.15, 0.2) is 52.2 Å².